The molecule has 0 aliphatic carbocycles. The number of carbonyl (C=O) groups is 2. The standard InChI is InChI=1S/C25H47NO9S2/c1-17(16-36-37-25(3,4)5)19(27)8-7-10-32-12-13-33-11-9-26-21(28)15-34-14-20-18(2)22(29)23(30)24(31-6)35-20/h17-18,20,22-24,29-30H,7-16H2,1-6H3,(H,26,28)/t17?,18-,20?,22+,23?,24-/m1/s1. The maximum absolute atomic E-state index is 12.2. The van der Waals surface area contributed by atoms with Crippen molar-refractivity contribution < 1.29 is 43.5 Å². The summed E-state index contributed by atoms with van der Waals surface area (Å²) in [5.41, 5.74) is 0. The summed E-state index contributed by atoms with van der Waals surface area (Å²) in [4.78, 5) is 24.1. The van der Waals surface area contributed by atoms with Crippen LogP contribution >= 0.6 is 21.6 Å². The first-order valence-corrected chi connectivity index (χ1v) is 15.2. The van der Waals surface area contributed by atoms with Crippen LogP contribution in [0.2, 0.25) is 0 Å². The summed E-state index contributed by atoms with van der Waals surface area (Å²) < 4.78 is 27.2. The molecule has 3 unspecified atom stereocenters. The number of aliphatic hydroxyl groups is 2. The first kappa shape index (κ1) is 34.6. The molecule has 1 aliphatic heterocycles. The monoisotopic (exact) mass is 569 g/mol. The first-order valence-electron chi connectivity index (χ1n) is 12.8. The van der Waals surface area contributed by atoms with E-state index in [0.29, 0.717) is 45.8 Å². The minimum atomic E-state index is -1.13. The van der Waals surface area contributed by atoms with Gasteiger partial charge in [0.05, 0.1) is 38.6 Å². The summed E-state index contributed by atoms with van der Waals surface area (Å²) in [6, 6.07) is 0. The molecule has 12 heteroatoms. The molecule has 1 heterocycles. The van der Waals surface area contributed by atoms with Crippen molar-refractivity contribution in [3.63, 3.8) is 0 Å². The third kappa shape index (κ3) is 15.1. The smallest absolute Gasteiger partial charge is 0.246 e. The molecule has 1 amide bonds. The van der Waals surface area contributed by atoms with Crippen molar-refractivity contribution in [3.05, 3.63) is 0 Å². The van der Waals surface area contributed by atoms with E-state index in [1.807, 2.05) is 6.92 Å². The molecule has 0 bridgehead atoms. The SMILES string of the molecule is CO[C@@H]1OC(COCC(=O)NCCOCCOCCCC(=O)C(C)CSSC(C)(C)C)[C@@H](C)[C@H](O)C1O. The number of Topliss-reactive ketones (excluding diaryl/α,β-unsaturated/α-hetero) is 1. The number of rotatable bonds is 19. The van der Waals surface area contributed by atoms with E-state index in [1.54, 1.807) is 28.5 Å². The molecule has 6 atom stereocenters. The molecular weight excluding hydrogens is 522 g/mol. The van der Waals surface area contributed by atoms with Crippen LogP contribution in [0.3, 0.4) is 0 Å². The summed E-state index contributed by atoms with van der Waals surface area (Å²) in [7, 11) is 4.95. The molecule has 0 aromatic rings. The molecule has 1 saturated heterocycles. The Morgan fingerprint density at radius 2 is 1.73 bits per heavy atom. The second-order valence-corrected chi connectivity index (χ2v) is 13.3. The van der Waals surface area contributed by atoms with Crippen molar-refractivity contribution in [1.29, 1.82) is 0 Å². The summed E-state index contributed by atoms with van der Waals surface area (Å²) in [5.74, 6) is 0.499. The van der Waals surface area contributed by atoms with Gasteiger partial charge in [-0.2, -0.15) is 0 Å². The molecular formula is C25H47NO9S2. The zero-order valence-corrected chi connectivity index (χ0v) is 24.7. The quantitative estimate of drug-likeness (QED) is 0.156. The highest BCUT2D eigenvalue weighted by molar-refractivity contribution is 8.77. The zero-order chi connectivity index (χ0) is 27.8. The molecule has 1 rings (SSSR count). The van der Waals surface area contributed by atoms with Gasteiger partial charge in [0.1, 0.15) is 18.5 Å². The Morgan fingerprint density at radius 3 is 2.38 bits per heavy atom. The molecule has 0 aromatic carbocycles. The predicted octanol–water partition coefficient (Wildman–Crippen LogP) is 2.05. The summed E-state index contributed by atoms with van der Waals surface area (Å²) in [6.07, 6.45) is -2.34. The van der Waals surface area contributed by atoms with Crippen molar-refractivity contribution >= 4 is 33.3 Å². The van der Waals surface area contributed by atoms with Crippen LogP contribution in [-0.4, -0.2) is 110 Å². The lowest BCUT2D eigenvalue weighted by atomic mass is 9.91. The predicted molar refractivity (Wildman–Crippen MR) is 146 cm³/mol. The van der Waals surface area contributed by atoms with Crippen LogP contribution in [0.15, 0.2) is 0 Å². The van der Waals surface area contributed by atoms with Crippen LogP contribution in [0, 0.1) is 11.8 Å². The normalized spacial score (nSPS) is 25.1. The van der Waals surface area contributed by atoms with Crippen LogP contribution in [0.1, 0.15) is 47.5 Å². The topological polar surface area (TPSA) is 133 Å². The van der Waals surface area contributed by atoms with Crippen LogP contribution in [0.4, 0.5) is 0 Å². The van der Waals surface area contributed by atoms with Crippen molar-refractivity contribution in [1.82, 2.24) is 5.32 Å². The van der Waals surface area contributed by atoms with Crippen LogP contribution in [0.25, 0.3) is 0 Å². The lowest BCUT2D eigenvalue weighted by Crippen LogP contribution is -2.55. The van der Waals surface area contributed by atoms with E-state index in [-0.39, 0.29) is 41.5 Å². The van der Waals surface area contributed by atoms with Gasteiger partial charge < -0.3 is 39.2 Å². The summed E-state index contributed by atoms with van der Waals surface area (Å²) in [6.45, 7) is 12.2. The lowest BCUT2D eigenvalue weighted by molar-refractivity contribution is -0.282. The number of methoxy groups -OCH3 is 1. The van der Waals surface area contributed by atoms with Gasteiger partial charge >= 0.3 is 0 Å². The van der Waals surface area contributed by atoms with Gasteiger partial charge in [-0.15, -0.1) is 0 Å². The largest absolute Gasteiger partial charge is 0.390 e. The van der Waals surface area contributed by atoms with Crippen LogP contribution in [-0.2, 0) is 33.3 Å². The molecule has 0 radical (unpaired) electrons. The number of hydrogen-bond donors (Lipinski definition) is 3. The molecule has 10 nitrogen and oxygen atoms in total. The Bertz CT molecular complexity index is 648. The maximum Gasteiger partial charge on any atom is 0.246 e. The molecule has 218 valence electrons. The van der Waals surface area contributed by atoms with Crippen molar-refractivity contribution in [2.75, 3.05) is 59.0 Å². The minimum Gasteiger partial charge on any atom is -0.390 e. The van der Waals surface area contributed by atoms with E-state index < -0.39 is 24.6 Å². The number of nitrogens with one attached hydrogen (secondary N) is 1. The highest BCUT2D eigenvalue weighted by Crippen LogP contribution is 2.36. The van der Waals surface area contributed by atoms with Gasteiger partial charge in [-0.25, -0.2) is 0 Å². The highest BCUT2D eigenvalue weighted by Gasteiger charge is 2.42. The van der Waals surface area contributed by atoms with Gasteiger partial charge in [-0.3, -0.25) is 9.59 Å². The summed E-state index contributed by atoms with van der Waals surface area (Å²) >= 11 is 0. The zero-order valence-electron chi connectivity index (χ0n) is 23.1. The van der Waals surface area contributed by atoms with E-state index in [9.17, 15) is 19.8 Å². The number of aliphatic hydroxyl groups excluding tert-OH is 2. The number of carbonyl (C=O) groups excluding carboxylic acids is 2. The molecule has 1 aliphatic rings. The molecule has 1 fully saturated rings. The van der Waals surface area contributed by atoms with Gasteiger partial charge in [-0.1, -0.05) is 56.2 Å². The maximum atomic E-state index is 12.2. The Hall–Kier alpha value is -0.440. The average Bonchev–Trinajstić information content (AvgIpc) is 2.84. The highest BCUT2D eigenvalue weighted by atomic mass is 33.1. The van der Waals surface area contributed by atoms with E-state index in [0.717, 1.165) is 5.75 Å². The average molecular weight is 570 g/mol. The molecule has 3 N–H and O–H groups in total. The third-order valence-electron chi connectivity index (χ3n) is 5.64. The first-order chi connectivity index (χ1) is 17.5. The van der Waals surface area contributed by atoms with E-state index in [2.05, 4.69) is 26.1 Å². The third-order valence-corrected chi connectivity index (χ3v) is 9.16. The molecule has 37 heavy (non-hydrogen) atoms. The lowest BCUT2D eigenvalue weighted by Gasteiger charge is -2.40. The molecule has 0 aromatic heterocycles. The molecule has 0 saturated carbocycles. The minimum absolute atomic E-state index is 0.0536. The van der Waals surface area contributed by atoms with Gasteiger partial charge in [-0.05, 0) is 6.42 Å². The van der Waals surface area contributed by atoms with Crippen LogP contribution in [0.5, 0.6) is 0 Å². The Balaban J connectivity index is 1.97. The Morgan fingerprint density at radius 1 is 1.05 bits per heavy atom. The van der Waals surface area contributed by atoms with Crippen molar-refractivity contribution in [3.8, 4) is 0 Å². The van der Waals surface area contributed by atoms with Gasteiger partial charge in [0.15, 0.2) is 6.29 Å². The number of hydrogen-bond acceptors (Lipinski definition) is 11. The fourth-order valence-corrected chi connectivity index (χ4v) is 6.05. The van der Waals surface area contributed by atoms with Crippen molar-refractivity contribution in [2.24, 2.45) is 11.8 Å². The second kappa shape index (κ2) is 18.8. The Labute approximate surface area is 229 Å². The number of amides is 1. The molecule has 0 spiro atoms. The van der Waals surface area contributed by atoms with Gasteiger partial charge in [0.25, 0.3) is 0 Å². The Kier molecular flexibility index (Phi) is 17.6. The van der Waals surface area contributed by atoms with E-state index >= 15 is 0 Å². The van der Waals surface area contributed by atoms with E-state index in [1.165, 1.54) is 7.11 Å². The number of ketones is 1. The second-order valence-electron chi connectivity index (χ2n) is 10.2. The van der Waals surface area contributed by atoms with E-state index in [4.69, 9.17) is 23.7 Å². The van der Waals surface area contributed by atoms with Crippen molar-refractivity contribution in [2.45, 2.75) is 76.8 Å². The van der Waals surface area contributed by atoms with Gasteiger partial charge in [0.2, 0.25) is 5.91 Å². The van der Waals surface area contributed by atoms with Crippen LogP contribution < -0.4 is 5.32 Å². The summed E-state index contributed by atoms with van der Waals surface area (Å²) in [5, 5.41) is 22.7. The fraction of sp³-hybridized carbons (Fsp3) is 0.920. The number of ether oxygens (including phenoxy) is 5. The fourth-order valence-electron chi connectivity index (χ4n) is 3.36. The van der Waals surface area contributed by atoms with Gasteiger partial charge in [0, 0.05) is 49.0 Å².